The minimum absolute atomic E-state index is 0.170. The van der Waals surface area contributed by atoms with Gasteiger partial charge in [-0.3, -0.25) is 10.1 Å². The van der Waals surface area contributed by atoms with E-state index < -0.39 is 34.2 Å². The number of hydrogen-bond donors (Lipinski definition) is 3. The monoisotopic (exact) mass is 298 g/mol. The number of nitrogens with zero attached hydrogens (tertiary/aromatic N) is 1. The number of nitro groups is 1. The first-order valence-electron chi connectivity index (χ1n) is 6.22. The standard InChI is InChI=1S/C13H18N2O6/c1-13(2,3)21-12(18)14-7-11(17)8-4-5-10(16)9(6-8)15(19)20/h4-6,11,16-17H,7H2,1-3H3,(H,14,18)/t11-/m1/s1. The van der Waals surface area contributed by atoms with Crippen LogP contribution in [0.4, 0.5) is 10.5 Å². The second-order valence-electron chi connectivity index (χ2n) is 5.40. The second kappa shape index (κ2) is 6.40. The molecule has 1 amide bonds. The van der Waals surface area contributed by atoms with Crippen molar-refractivity contribution >= 4 is 11.8 Å². The summed E-state index contributed by atoms with van der Waals surface area (Å²) in [5.41, 5.74) is -0.966. The number of rotatable bonds is 4. The van der Waals surface area contributed by atoms with Crippen LogP contribution in [0.15, 0.2) is 18.2 Å². The molecule has 0 fully saturated rings. The fourth-order valence-electron chi connectivity index (χ4n) is 1.51. The lowest BCUT2D eigenvalue weighted by Gasteiger charge is -2.20. The third-order valence-electron chi connectivity index (χ3n) is 2.42. The lowest BCUT2D eigenvalue weighted by Crippen LogP contribution is -2.34. The number of nitrogens with one attached hydrogen (secondary N) is 1. The van der Waals surface area contributed by atoms with Gasteiger partial charge in [0.2, 0.25) is 0 Å². The molecular formula is C13H18N2O6. The third kappa shape index (κ3) is 5.27. The van der Waals surface area contributed by atoms with E-state index in [0.29, 0.717) is 0 Å². The largest absolute Gasteiger partial charge is 0.502 e. The SMILES string of the molecule is CC(C)(C)OC(=O)NC[C@@H](O)c1ccc(O)c([N+](=O)[O-])c1. The van der Waals surface area contributed by atoms with Crippen LogP contribution in [0.5, 0.6) is 5.75 Å². The van der Waals surface area contributed by atoms with Gasteiger partial charge in [0.1, 0.15) is 5.60 Å². The molecule has 0 bridgehead atoms. The molecule has 0 aromatic heterocycles. The van der Waals surface area contributed by atoms with Crippen molar-refractivity contribution in [2.24, 2.45) is 0 Å². The number of alkyl carbamates (subject to hydrolysis) is 1. The maximum atomic E-state index is 11.4. The molecule has 8 heteroatoms. The molecular weight excluding hydrogens is 280 g/mol. The highest BCUT2D eigenvalue weighted by molar-refractivity contribution is 5.67. The van der Waals surface area contributed by atoms with E-state index in [-0.39, 0.29) is 12.1 Å². The zero-order chi connectivity index (χ0) is 16.2. The van der Waals surface area contributed by atoms with Gasteiger partial charge >= 0.3 is 11.8 Å². The summed E-state index contributed by atoms with van der Waals surface area (Å²) >= 11 is 0. The highest BCUT2D eigenvalue weighted by Gasteiger charge is 2.20. The fraction of sp³-hybridized carbons (Fsp3) is 0.462. The van der Waals surface area contributed by atoms with E-state index in [9.17, 15) is 25.1 Å². The van der Waals surface area contributed by atoms with Crippen LogP contribution in [-0.2, 0) is 4.74 Å². The highest BCUT2D eigenvalue weighted by Crippen LogP contribution is 2.28. The summed E-state index contributed by atoms with van der Waals surface area (Å²) in [7, 11) is 0. The molecule has 0 unspecified atom stereocenters. The number of amides is 1. The number of carbonyl (C=O) groups excluding carboxylic acids is 1. The van der Waals surface area contributed by atoms with Crippen molar-refractivity contribution in [3.8, 4) is 5.75 Å². The Kier molecular flexibility index (Phi) is 5.09. The maximum absolute atomic E-state index is 11.4. The first kappa shape index (κ1) is 16.7. The Bertz CT molecular complexity index is 538. The van der Waals surface area contributed by atoms with Crippen LogP contribution in [0.3, 0.4) is 0 Å². The van der Waals surface area contributed by atoms with Crippen LogP contribution in [-0.4, -0.2) is 33.4 Å². The Balaban J connectivity index is 2.68. The van der Waals surface area contributed by atoms with E-state index in [1.165, 1.54) is 6.07 Å². The molecule has 0 heterocycles. The highest BCUT2D eigenvalue weighted by atomic mass is 16.6. The summed E-state index contributed by atoms with van der Waals surface area (Å²) in [6, 6.07) is 3.50. The second-order valence-corrected chi connectivity index (χ2v) is 5.40. The van der Waals surface area contributed by atoms with Crippen LogP contribution in [0.25, 0.3) is 0 Å². The number of phenols is 1. The van der Waals surface area contributed by atoms with Crippen LogP contribution in [0.1, 0.15) is 32.4 Å². The van der Waals surface area contributed by atoms with E-state index in [1.807, 2.05) is 0 Å². The van der Waals surface area contributed by atoms with E-state index in [0.717, 1.165) is 12.1 Å². The Labute approximate surface area is 121 Å². The minimum atomic E-state index is -1.16. The average Bonchev–Trinajstić information content (AvgIpc) is 2.34. The summed E-state index contributed by atoms with van der Waals surface area (Å²) in [5.74, 6) is -0.490. The van der Waals surface area contributed by atoms with Crippen LogP contribution < -0.4 is 5.32 Å². The molecule has 0 spiro atoms. The van der Waals surface area contributed by atoms with Gasteiger partial charge in [-0.2, -0.15) is 0 Å². The summed E-state index contributed by atoms with van der Waals surface area (Å²) < 4.78 is 5.00. The zero-order valence-electron chi connectivity index (χ0n) is 12.0. The Morgan fingerprint density at radius 2 is 2.10 bits per heavy atom. The molecule has 116 valence electrons. The number of phenolic OH excluding ortho intramolecular Hbond substituents is 1. The number of aromatic hydroxyl groups is 1. The molecule has 1 aromatic rings. The first-order valence-corrected chi connectivity index (χ1v) is 6.22. The minimum Gasteiger partial charge on any atom is -0.502 e. The Hall–Kier alpha value is -2.35. The van der Waals surface area contributed by atoms with E-state index in [2.05, 4.69) is 5.32 Å². The molecule has 1 rings (SSSR count). The summed E-state index contributed by atoms with van der Waals surface area (Å²) in [6.45, 7) is 4.93. The number of benzene rings is 1. The van der Waals surface area contributed by atoms with E-state index >= 15 is 0 Å². The molecule has 0 saturated heterocycles. The lowest BCUT2D eigenvalue weighted by molar-refractivity contribution is -0.386. The predicted octanol–water partition coefficient (Wildman–Crippen LogP) is 1.86. The zero-order valence-corrected chi connectivity index (χ0v) is 12.0. The molecule has 0 aliphatic rings. The molecule has 0 saturated carbocycles. The predicted molar refractivity (Wildman–Crippen MR) is 74.0 cm³/mol. The number of aliphatic hydroxyl groups excluding tert-OH is 1. The van der Waals surface area contributed by atoms with Crippen LogP contribution in [0, 0.1) is 10.1 Å². The summed E-state index contributed by atoms with van der Waals surface area (Å²) in [5, 5.41) is 32.3. The summed E-state index contributed by atoms with van der Waals surface area (Å²) in [4.78, 5) is 21.4. The molecule has 3 N–H and O–H groups in total. The van der Waals surface area contributed by atoms with Gasteiger partial charge in [-0.15, -0.1) is 0 Å². The number of ether oxygens (including phenoxy) is 1. The molecule has 8 nitrogen and oxygen atoms in total. The molecule has 1 atom stereocenters. The fourth-order valence-corrected chi connectivity index (χ4v) is 1.51. The van der Waals surface area contributed by atoms with Crippen molar-refractivity contribution in [3.63, 3.8) is 0 Å². The Morgan fingerprint density at radius 1 is 1.48 bits per heavy atom. The lowest BCUT2D eigenvalue weighted by atomic mass is 10.1. The average molecular weight is 298 g/mol. The van der Waals surface area contributed by atoms with Gasteiger partial charge in [0, 0.05) is 6.07 Å². The van der Waals surface area contributed by atoms with Crippen molar-refractivity contribution in [1.29, 1.82) is 0 Å². The van der Waals surface area contributed by atoms with Crippen molar-refractivity contribution < 1.29 is 24.7 Å². The first-order chi connectivity index (χ1) is 9.60. The van der Waals surface area contributed by atoms with Gasteiger partial charge in [-0.1, -0.05) is 6.07 Å². The number of aliphatic hydroxyl groups is 1. The topological polar surface area (TPSA) is 122 Å². The van der Waals surface area contributed by atoms with Gasteiger partial charge < -0.3 is 20.3 Å². The third-order valence-corrected chi connectivity index (χ3v) is 2.42. The summed E-state index contributed by atoms with van der Waals surface area (Å²) in [6.07, 6.45) is -1.85. The molecule has 1 aromatic carbocycles. The number of nitro benzene ring substituents is 1. The van der Waals surface area contributed by atoms with Gasteiger partial charge in [0.25, 0.3) is 0 Å². The van der Waals surface area contributed by atoms with Crippen molar-refractivity contribution in [2.45, 2.75) is 32.5 Å². The number of carbonyl (C=O) groups is 1. The Morgan fingerprint density at radius 3 is 2.62 bits per heavy atom. The van der Waals surface area contributed by atoms with Gasteiger partial charge in [-0.05, 0) is 32.4 Å². The van der Waals surface area contributed by atoms with Crippen molar-refractivity contribution in [3.05, 3.63) is 33.9 Å². The van der Waals surface area contributed by atoms with Crippen molar-refractivity contribution in [1.82, 2.24) is 5.32 Å². The normalized spacial score (nSPS) is 12.6. The van der Waals surface area contributed by atoms with Gasteiger partial charge in [0.05, 0.1) is 17.6 Å². The molecule has 0 aliphatic carbocycles. The quantitative estimate of drug-likeness (QED) is 0.576. The van der Waals surface area contributed by atoms with E-state index in [4.69, 9.17) is 4.74 Å². The number of hydrogen-bond acceptors (Lipinski definition) is 6. The molecule has 0 radical (unpaired) electrons. The molecule has 21 heavy (non-hydrogen) atoms. The van der Waals surface area contributed by atoms with Crippen LogP contribution in [0.2, 0.25) is 0 Å². The maximum Gasteiger partial charge on any atom is 0.407 e. The van der Waals surface area contributed by atoms with Crippen molar-refractivity contribution in [2.75, 3.05) is 6.54 Å². The van der Waals surface area contributed by atoms with Gasteiger partial charge in [-0.25, -0.2) is 4.79 Å². The van der Waals surface area contributed by atoms with E-state index in [1.54, 1.807) is 20.8 Å². The molecule has 0 aliphatic heterocycles. The smallest absolute Gasteiger partial charge is 0.407 e. The van der Waals surface area contributed by atoms with Crippen LogP contribution >= 0.6 is 0 Å². The van der Waals surface area contributed by atoms with Gasteiger partial charge in [0.15, 0.2) is 5.75 Å².